The molecule has 4 N–H and O–H groups in total. The zero-order valence-corrected chi connectivity index (χ0v) is 9.54. The van der Waals surface area contributed by atoms with Crippen molar-refractivity contribution in [2.45, 2.75) is 6.92 Å². The summed E-state index contributed by atoms with van der Waals surface area (Å²) < 4.78 is 0. The summed E-state index contributed by atoms with van der Waals surface area (Å²) in [6.45, 7) is 1.46. The molecule has 0 aliphatic rings. The Morgan fingerprint density at radius 3 is 2.56 bits per heavy atom. The average Bonchev–Trinajstić information content (AvgIpc) is 2.19. The Bertz CT molecular complexity index is 413. The van der Waals surface area contributed by atoms with Gasteiger partial charge in [0.15, 0.2) is 5.11 Å². The SMILES string of the molecule is CC(=O)Nc1ccc(/C=N\NC(N)=S)cc1. The number of nitrogens with two attached hydrogens (primary N) is 1. The van der Waals surface area contributed by atoms with Crippen molar-refractivity contribution in [3.8, 4) is 0 Å². The van der Waals surface area contributed by atoms with Gasteiger partial charge in [-0.3, -0.25) is 10.2 Å². The summed E-state index contributed by atoms with van der Waals surface area (Å²) in [5.74, 6) is -0.100. The molecule has 5 nitrogen and oxygen atoms in total. The maximum absolute atomic E-state index is 10.8. The summed E-state index contributed by atoms with van der Waals surface area (Å²) in [4.78, 5) is 10.8. The van der Waals surface area contributed by atoms with Crippen LogP contribution in [-0.2, 0) is 4.79 Å². The van der Waals surface area contributed by atoms with E-state index in [1.807, 2.05) is 12.1 Å². The van der Waals surface area contributed by atoms with Gasteiger partial charge in [-0.15, -0.1) is 0 Å². The average molecular weight is 236 g/mol. The van der Waals surface area contributed by atoms with E-state index in [2.05, 4.69) is 28.1 Å². The van der Waals surface area contributed by atoms with Crippen LogP contribution in [0.5, 0.6) is 0 Å². The van der Waals surface area contributed by atoms with Gasteiger partial charge < -0.3 is 11.1 Å². The quantitative estimate of drug-likeness (QED) is 0.412. The molecule has 0 saturated carbocycles. The minimum Gasteiger partial charge on any atom is -0.375 e. The van der Waals surface area contributed by atoms with Crippen LogP contribution in [0.15, 0.2) is 29.4 Å². The Labute approximate surface area is 98.7 Å². The predicted molar refractivity (Wildman–Crippen MR) is 68.3 cm³/mol. The van der Waals surface area contributed by atoms with E-state index in [1.54, 1.807) is 18.3 Å². The number of hydrogen-bond donors (Lipinski definition) is 3. The molecular formula is C10H12N4OS. The van der Waals surface area contributed by atoms with Gasteiger partial charge in [-0.2, -0.15) is 5.10 Å². The molecule has 1 amide bonds. The van der Waals surface area contributed by atoms with Crippen molar-refractivity contribution in [2.75, 3.05) is 5.32 Å². The number of thiocarbonyl (C=S) groups is 1. The number of nitrogens with one attached hydrogen (secondary N) is 2. The van der Waals surface area contributed by atoms with Gasteiger partial charge >= 0.3 is 0 Å². The minimum atomic E-state index is -0.100. The fourth-order valence-corrected chi connectivity index (χ4v) is 1.08. The molecule has 16 heavy (non-hydrogen) atoms. The Hall–Kier alpha value is -1.95. The van der Waals surface area contributed by atoms with Gasteiger partial charge in [0.25, 0.3) is 0 Å². The standard InChI is InChI=1S/C10H12N4OS/c1-7(15)13-9-4-2-8(3-5-9)6-12-14-10(11)16/h2-6H,1H3,(H,13,15)(H3,11,14,16)/b12-6-. The van der Waals surface area contributed by atoms with Crippen molar-refractivity contribution in [3.05, 3.63) is 29.8 Å². The third kappa shape index (κ3) is 4.52. The number of hydrazone groups is 1. The topological polar surface area (TPSA) is 79.5 Å². The molecule has 6 heteroatoms. The van der Waals surface area contributed by atoms with Crippen molar-refractivity contribution in [1.82, 2.24) is 5.43 Å². The van der Waals surface area contributed by atoms with Crippen LogP contribution in [0.4, 0.5) is 5.69 Å². The lowest BCUT2D eigenvalue weighted by molar-refractivity contribution is -0.114. The number of anilines is 1. The Balaban J connectivity index is 2.60. The van der Waals surface area contributed by atoms with Crippen molar-refractivity contribution in [1.29, 1.82) is 0 Å². The maximum atomic E-state index is 10.8. The van der Waals surface area contributed by atoms with Crippen LogP contribution in [0.3, 0.4) is 0 Å². The Kier molecular flexibility index (Phi) is 4.41. The fourth-order valence-electron chi connectivity index (χ4n) is 1.03. The molecule has 1 aromatic carbocycles. The molecule has 0 bridgehead atoms. The second-order valence-electron chi connectivity index (χ2n) is 3.04. The Morgan fingerprint density at radius 1 is 1.44 bits per heavy atom. The summed E-state index contributed by atoms with van der Waals surface area (Å²) in [7, 11) is 0. The molecule has 0 atom stereocenters. The van der Waals surface area contributed by atoms with E-state index in [0.717, 1.165) is 11.3 Å². The lowest BCUT2D eigenvalue weighted by atomic mass is 10.2. The monoisotopic (exact) mass is 236 g/mol. The van der Waals surface area contributed by atoms with Crippen LogP contribution < -0.4 is 16.5 Å². The van der Waals surface area contributed by atoms with Crippen molar-refractivity contribution >= 4 is 35.1 Å². The lowest BCUT2D eigenvalue weighted by Crippen LogP contribution is -2.23. The van der Waals surface area contributed by atoms with E-state index in [-0.39, 0.29) is 11.0 Å². The first kappa shape index (κ1) is 12.1. The number of carbonyl (C=O) groups excluding carboxylic acids is 1. The van der Waals surface area contributed by atoms with Crippen LogP contribution in [-0.4, -0.2) is 17.2 Å². The summed E-state index contributed by atoms with van der Waals surface area (Å²) in [5, 5.41) is 6.59. The largest absolute Gasteiger partial charge is 0.375 e. The van der Waals surface area contributed by atoms with Crippen molar-refractivity contribution < 1.29 is 4.79 Å². The van der Waals surface area contributed by atoms with Gasteiger partial charge in [0.05, 0.1) is 6.21 Å². The van der Waals surface area contributed by atoms with E-state index >= 15 is 0 Å². The molecule has 0 heterocycles. The number of nitrogens with zero attached hydrogens (tertiary/aromatic N) is 1. The number of rotatable bonds is 3. The summed E-state index contributed by atoms with van der Waals surface area (Å²) in [5.41, 5.74) is 9.26. The molecule has 0 unspecified atom stereocenters. The molecule has 1 rings (SSSR count). The molecule has 0 aliphatic heterocycles. The van der Waals surface area contributed by atoms with Gasteiger partial charge in [0.2, 0.25) is 5.91 Å². The minimum absolute atomic E-state index is 0.100. The third-order valence-corrected chi connectivity index (χ3v) is 1.71. The number of hydrogen-bond acceptors (Lipinski definition) is 3. The first-order chi connectivity index (χ1) is 7.58. The second kappa shape index (κ2) is 5.82. The lowest BCUT2D eigenvalue weighted by Gasteiger charge is -2.01. The van der Waals surface area contributed by atoms with E-state index in [1.165, 1.54) is 6.92 Å². The zero-order valence-electron chi connectivity index (χ0n) is 8.73. The molecule has 84 valence electrons. The molecule has 1 aromatic rings. The molecular weight excluding hydrogens is 224 g/mol. The van der Waals surface area contributed by atoms with Crippen LogP contribution >= 0.6 is 12.2 Å². The second-order valence-corrected chi connectivity index (χ2v) is 3.48. The molecule has 0 fully saturated rings. The number of amides is 1. The van der Waals surface area contributed by atoms with Gasteiger partial charge in [-0.05, 0) is 29.9 Å². The van der Waals surface area contributed by atoms with Crippen LogP contribution in [0.2, 0.25) is 0 Å². The van der Waals surface area contributed by atoms with E-state index in [0.29, 0.717) is 0 Å². The normalized spacial score (nSPS) is 10.1. The molecule has 0 radical (unpaired) electrons. The highest BCUT2D eigenvalue weighted by atomic mass is 32.1. The highest BCUT2D eigenvalue weighted by molar-refractivity contribution is 7.80. The van der Waals surface area contributed by atoms with Crippen LogP contribution in [0.1, 0.15) is 12.5 Å². The highest BCUT2D eigenvalue weighted by Gasteiger charge is 1.94. The molecule has 0 aromatic heterocycles. The maximum Gasteiger partial charge on any atom is 0.221 e. The molecule has 0 aliphatic carbocycles. The smallest absolute Gasteiger partial charge is 0.221 e. The number of benzene rings is 1. The van der Waals surface area contributed by atoms with Crippen molar-refractivity contribution in [2.24, 2.45) is 10.8 Å². The van der Waals surface area contributed by atoms with Gasteiger partial charge in [0.1, 0.15) is 0 Å². The van der Waals surface area contributed by atoms with Crippen molar-refractivity contribution in [3.63, 3.8) is 0 Å². The summed E-state index contributed by atoms with van der Waals surface area (Å²) in [6, 6.07) is 7.19. The third-order valence-electron chi connectivity index (χ3n) is 1.62. The fraction of sp³-hybridized carbons (Fsp3) is 0.100. The molecule has 0 saturated heterocycles. The summed E-state index contributed by atoms with van der Waals surface area (Å²) in [6.07, 6.45) is 1.58. The Morgan fingerprint density at radius 2 is 2.06 bits per heavy atom. The van der Waals surface area contributed by atoms with Gasteiger partial charge in [0, 0.05) is 12.6 Å². The highest BCUT2D eigenvalue weighted by Crippen LogP contribution is 2.07. The first-order valence-electron chi connectivity index (χ1n) is 4.54. The van der Waals surface area contributed by atoms with E-state index < -0.39 is 0 Å². The summed E-state index contributed by atoms with van der Waals surface area (Å²) >= 11 is 4.58. The van der Waals surface area contributed by atoms with Crippen LogP contribution in [0.25, 0.3) is 0 Å². The van der Waals surface area contributed by atoms with Crippen LogP contribution in [0, 0.1) is 0 Å². The predicted octanol–water partition coefficient (Wildman–Crippen LogP) is 0.812. The molecule has 0 spiro atoms. The van der Waals surface area contributed by atoms with Gasteiger partial charge in [-0.1, -0.05) is 12.1 Å². The number of carbonyl (C=O) groups is 1. The first-order valence-corrected chi connectivity index (χ1v) is 4.95. The van der Waals surface area contributed by atoms with E-state index in [9.17, 15) is 4.79 Å². The van der Waals surface area contributed by atoms with E-state index in [4.69, 9.17) is 5.73 Å². The van der Waals surface area contributed by atoms with Gasteiger partial charge in [-0.25, -0.2) is 0 Å². The zero-order chi connectivity index (χ0) is 12.0.